The van der Waals surface area contributed by atoms with Gasteiger partial charge in [0.15, 0.2) is 5.76 Å². The van der Waals surface area contributed by atoms with Crippen molar-refractivity contribution in [3.63, 3.8) is 0 Å². The molecule has 0 unspecified atom stereocenters. The molecule has 1 aliphatic rings. The summed E-state index contributed by atoms with van der Waals surface area (Å²) in [6.07, 6.45) is 1.50. The molecule has 3 aromatic heterocycles. The van der Waals surface area contributed by atoms with Crippen LogP contribution in [0.4, 0.5) is 0 Å². The SMILES string of the molecule is COc1ccccc1Cn1c(C(=O)N2CCN(C(=O)c3ccco3)[C@@H](C)C2)cc2ccsc21. The highest BCUT2D eigenvalue weighted by molar-refractivity contribution is 7.16. The molecule has 1 atom stereocenters. The van der Waals surface area contributed by atoms with E-state index in [0.29, 0.717) is 37.6 Å². The van der Waals surface area contributed by atoms with E-state index in [1.54, 1.807) is 35.5 Å². The fourth-order valence-electron chi connectivity index (χ4n) is 4.46. The average molecular weight is 464 g/mol. The Balaban J connectivity index is 1.40. The zero-order valence-corrected chi connectivity index (χ0v) is 19.4. The largest absolute Gasteiger partial charge is 0.496 e. The van der Waals surface area contributed by atoms with Gasteiger partial charge in [0.25, 0.3) is 11.8 Å². The minimum atomic E-state index is -0.139. The molecular weight excluding hydrogens is 438 g/mol. The Labute approximate surface area is 195 Å². The maximum atomic E-state index is 13.6. The number of carbonyl (C=O) groups excluding carboxylic acids is 2. The van der Waals surface area contributed by atoms with E-state index in [0.717, 1.165) is 21.5 Å². The monoisotopic (exact) mass is 463 g/mol. The topological polar surface area (TPSA) is 67.9 Å². The summed E-state index contributed by atoms with van der Waals surface area (Å²) < 4.78 is 12.9. The molecule has 0 N–H and O–H groups in total. The summed E-state index contributed by atoms with van der Waals surface area (Å²) in [5.74, 6) is 0.963. The minimum Gasteiger partial charge on any atom is -0.496 e. The Hall–Kier alpha value is -3.52. The van der Waals surface area contributed by atoms with Crippen LogP contribution >= 0.6 is 11.3 Å². The van der Waals surface area contributed by atoms with Gasteiger partial charge in [0.05, 0.1) is 19.9 Å². The van der Waals surface area contributed by atoms with Gasteiger partial charge < -0.3 is 23.5 Å². The van der Waals surface area contributed by atoms with E-state index in [1.807, 2.05) is 53.6 Å². The van der Waals surface area contributed by atoms with Crippen molar-refractivity contribution in [2.24, 2.45) is 0 Å². The van der Waals surface area contributed by atoms with E-state index in [1.165, 1.54) is 6.26 Å². The number of nitrogens with zero attached hydrogens (tertiary/aromatic N) is 3. The number of aromatic nitrogens is 1. The van der Waals surface area contributed by atoms with Crippen LogP contribution in [0.2, 0.25) is 0 Å². The van der Waals surface area contributed by atoms with Crippen molar-refractivity contribution in [3.8, 4) is 5.75 Å². The Morgan fingerprint density at radius 1 is 1.12 bits per heavy atom. The predicted molar refractivity (Wildman–Crippen MR) is 127 cm³/mol. The zero-order valence-electron chi connectivity index (χ0n) is 18.6. The van der Waals surface area contributed by atoms with Gasteiger partial charge in [0.2, 0.25) is 0 Å². The Morgan fingerprint density at radius 2 is 1.97 bits per heavy atom. The van der Waals surface area contributed by atoms with Crippen LogP contribution in [0.3, 0.4) is 0 Å². The Bertz CT molecular complexity index is 1290. The number of rotatable bonds is 5. The molecule has 0 aliphatic carbocycles. The van der Waals surface area contributed by atoms with E-state index in [4.69, 9.17) is 9.15 Å². The van der Waals surface area contributed by atoms with Gasteiger partial charge in [-0.25, -0.2) is 0 Å². The van der Waals surface area contributed by atoms with Crippen LogP contribution in [0.25, 0.3) is 10.2 Å². The second kappa shape index (κ2) is 8.78. The van der Waals surface area contributed by atoms with Crippen LogP contribution in [0.15, 0.2) is 64.6 Å². The molecule has 8 heteroatoms. The van der Waals surface area contributed by atoms with Crippen molar-refractivity contribution in [1.82, 2.24) is 14.4 Å². The molecule has 1 fully saturated rings. The van der Waals surface area contributed by atoms with Crippen LogP contribution in [-0.4, -0.2) is 59.0 Å². The molecule has 170 valence electrons. The van der Waals surface area contributed by atoms with Crippen LogP contribution < -0.4 is 4.74 Å². The molecule has 4 aromatic rings. The lowest BCUT2D eigenvalue weighted by Crippen LogP contribution is -2.55. The second-order valence-electron chi connectivity index (χ2n) is 8.18. The van der Waals surface area contributed by atoms with E-state index in [2.05, 4.69) is 4.57 Å². The fourth-order valence-corrected chi connectivity index (χ4v) is 5.36. The molecule has 0 saturated carbocycles. The van der Waals surface area contributed by atoms with E-state index in [9.17, 15) is 9.59 Å². The van der Waals surface area contributed by atoms with Crippen molar-refractivity contribution in [3.05, 3.63) is 77.2 Å². The van der Waals surface area contributed by atoms with Crippen LogP contribution in [0.5, 0.6) is 5.75 Å². The highest BCUT2D eigenvalue weighted by atomic mass is 32.1. The van der Waals surface area contributed by atoms with Crippen molar-refractivity contribution >= 4 is 33.4 Å². The highest BCUT2D eigenvalue weighted by Crippen LogP contribution is 2.29. The van der Waals surface area contributed by atoms with Crippen LogP contribution in [0, 0.1) is 0 Å². The first-order chi connectivity index (χ1) is 16.1. The van der Waals surface area contributed by atoms with E-state index < -0.39 is 0 Å². The molecule has 2 amide bonds. The highest BCUT2D eigenvalue weighted by Gasteiger charge is 2.33. The number of fused-ring (bicyclic) bond motifs is 1. The number of hydrogen-bond donors (Lipinski definition) is 0. The number of amides is 2. The average Bonchev–Trinajstić information content (AvgIpc) is 3.58. The summed E-state index contributed by atoms with van der Waals surface area (Å²) in [6.45, 7) is 3.92. The zero-order chi connectivity index (χ0) is 22.9. The number of hydrogen-bond acceptors (Lipinski definition) is 5. The van der Waals surface area contributed by atoms with Gasteiger partial charge in [-0.3, -0.25) is 9.59 Å². The number of thiophene rings is 1. The molecular formula is C25H25N3O4S. The van der Waals surface area contributed by atoms with Gasteiger partial charge >= 0.3 is 0 Å². The van der Waals surface area contributed by atoms with Gasteiger partial charge in [0.1, 0.15) is 16.3 Å². The molecule has 5 rings (SSSR count). The quantitative estimate of drug-likeness (QED) is 0.442. The lowest BCUT2D eigenvalue weighted by molar-refractivity contribution is 0.0391. The lowest BCUT2D eigenvalue weighted by Gasteiger charge is -2.39. The smallest absolute Gasteiger partial charge is 0.289 e. The summed E-state index contributed by atoms with van der Waals surface area (Å²) in [5, 5.41) is 3.09. The normalized spacial score (nSPS) is 16.4. The van der Waals surface area contributed by atoms with Gasteiger partial charge in [-0.05, 0) is 42.6 Å². The first-order valence-electron chi connectivity index (χ1n) is 10.9. The fraction of sp³-hybridized carbons (Fsp3) is 0.280. The minimum absolute atomic E-state index is 0.0229. The molecule has 1 aliphatic heterocycles. The molecule has 4 heterocycles. The van der Waals surface area contributed by atoms with E-state index in [-0.39, 0.29) is 17.9 Å². The third kappa shape index (κ3) is 3.91. The lowest BCUT2D eigenvalue weighted by atomic mass is 10.1. The first kappa shape index (κ1) is 21.3. The summed E-state index contributed by atoms with van der Waals surface area (Å²) in [7, 11) is 1.66. The maximum Gasteiger partial charge on any atom is 0.289 e. The predicted octanol–water partition coefficient (Wildman–Crippen LogP) is 4.34. The third-order valence-electron chi connectivity index (χ3n) is 6.15. The van der Waals surface area contributed by atoms with Crippen LogP contribution in [0.1, 0.15) is 33.5 Å². The van der Waals surface area contributed by atoms with Crippen molar-refractivity contribution in [1.29, 1.82) is 0 Å². The summed E-state index contributed by atoms with van der Waals surface area (Å²) in [5.41, 5.74) is 1.67. The van der Waals surface area contributed by atoms with Gasteiger partial charge in [-0.15, -0.1) is 11.3 Å². The number of carbonyl (C=O) groups is 2. The molecule has 1 saturated heterocycles. The maximum absolute atomic E-state index is 13.6. The molecule has 0 bridgehead atoms. The first-order valence-corrected chi connectivity index (χ1v) is 11.8. The molecule has 7 nitrogen and oxygen atoms in total. The summed E-state index contributed by atoms with van der Waals surface area (Å²) in [4.78, 5) is 31.0. The van der Waals surface area contributed by atoms with Gasteiger partial charge in [0, 0.05) is 36.6 Å². The van der Waals surface area contributed by atoms with Crippen molar-refractivity contribution in [2.75, 3.05) is 26.7 Å². The summed E-state index contributed by atoms with van der Waals surface area (Å²) >= 11 is 1.62. The van der Waals surface area contributed by atoms with Gasteiger partial charge in [-0.1, -0.05) is 18.2 Å². The van der Waals surface area contributed by atoms with E-state index >= 15 is 0 Å². The number of piperazine rings is 1. The number of furan rings is 1. The standard InChI is InChI=1S/C25H25N3O4S/c1-17-15-26(10-11-27(17)24(30)22-8-5-12-32-22)23(29)20-14-18-9-13-33-25(18)28(20)16-19-6-3-4-7-21(19)31-2/h3-9,12-14,17H,10-11,15-16H2,1-2H3/t17-/m0/s1. The number of benzene rings is 1. The number of ether oxygens (including phenoxy) is 1. The second-order valence-corrected chi connectivity index (χ2v) is 9.08. The Kier molecular flexibility index (Phi) is 5.68. The molecule has 33 heavy (non-hydrogen) atoms. The molecule has 0 spiro atoms. The molecule has 1 aromatic carbocycles. The van der Waals surface area contributed by atoms with Crippen molar-refractivity contribution < 1.29 is 18.7 Å². The van der Waals surface area contributed by atoms with Crippen LogP contribution in [-0.2, 0) is 6.54 Å². The summed E-state index contributed by atoms with van der Waals surface area (Å²) in [6, 6.07) is 15.1. The third-order valence-corrected chi connectivity index (χ3v) is 7.10. The Morgan fingerprint density at radius 3 is 2.73 bits per heavy atom. The number of methoxy groups -OCH3 is 1. The van der Waals surface area contributed by atoms with Gasteiger partial charge in [-0.2, -0.15) is 0 Å². The van der Waals surface area contributed by atoms with Crippen molar-refractivity contribution in [2.45, 2.75) is 19.5 Å². The number of para-hydroxylation sites is 1. The molecule has 0 radical (unpaired) electrons.